The molecule has 2 atom stereocenters. The van der Waals surface area contributed by atoms with Gasteiger partial charge in [-0.05, 0) is 44.7 Å². The fourth-order valence-electron chi connectivity index (χ4n) is 4.76. The Hall–Kier alpha value is -2.74. The molecule has 2 fully saturated rings. The zero-order chi connectivity index (χ0) is 21.6. The van der Waals surface area contributed by atoms with Crippen molar-refractivity contribution in [2.45, 2.75) is 38.1 Å². The normalized spacial score (nSPS) is 21.1. The van der Waals surface area contributed by atoms with Gasteiger partial charge in [0.15, 0.2) is 11.6 Å². The molecule has 168 valence electrons. The van der Waals surface area contributed by atoms with Gasteiger partial charge in [-0.1, -0.05) is 6.42 Å². The first-order valence-corrected chi connectivity index (χ1v) is 11.1. The predicted molar refractivity (Wildman–Crippen MR) is 122 cm³/mol. The molecule has 1 aromatic heterocycles. The van der Waals surface area contributed by atoms with Crippen LogP contribution in [0, 0.1) is 5.92 Å². The Kier molecular flexibility index (Phi) is 6.96. The van der Waals surface area contributed by atoms with Gasteiger partial charge in [0.25, 0.3) is 0 Å². The standard InChI is InChI=1S/C23H33N5O3/c1-29-18-11-17(12-19(13-18)30-2)26-23-25-15-21(31-3)22(27-23)24-14-16-7-6-10-28-9-5-4-8-20(16)28/h11-13,15-16,20H,4-10,14H2,1-3H3,(H2,24,25,26,27). The molecule has 0 amide bonds. The minimum atomic E-state index is 0.488. The number of hydrogen-bond donors (Lipinski definition) is 2. The number of methoxy groups -OCH3 is 3. The second-order valence-corrected chi connectivity index (χ2v) is 8.22. The van der Waals surface area contributed by atoms with E-state index in [2.05, 4.69) is 25.5 Å². The molecular weight excluding hydrogens is 394 g/mol. The van der Waals surface area contributed by atoms with E-state index in [1.807, 2.05) is 18.2 Å². The van der Waals surface area contributed by atoms with Gasteiger partial charge in [0.2, 0.25) is 5.95 Å². The largest absolute Gasteiger partial charge is 0.497 e. The topological polar surface area (TPSA) is 80.8 Å². The number of nitrogens with one attached hydrogen (secondary N) is 2. The lowest BCUT2D eigenvalue weighted by molar-refractivity contribution is 0.0649. The van der Waals surface area contributed by atoms with E-state index >= 15 is 0 Å². The van der Waals surface area contributed by atoms with Crippen molar-refractivity contribution in [2.24, 2.45) is 5.92 Å². The summed E-state index contributed by atoms with van der Waals surface area (Å²) in [5, 5.41) is 6.79. The van der Waals surface area contributed by atoms with Crippen molar-refractivity contribution in [2.75, 3.05) is 51.6 Å². The minimum Gasteiger partial charge on any atom is -0.497 e. The van der Waals surface area contributed by atoms with Gasteiger partial charge in [0.05, 0.1) is 27.5 Å². The molecule has 2 aliphatic heterocycles. The molecule has 2 saturated heterocycles. The van der Waals surface area contributed by atoms with Crippen LogP contribution in [0.25, 0.3) is 0 Å². The van der Waals surface area contributed by atoms with Crippen molar-refractivity contribution in [3.8, 4) is 17.2 Å². The van der Waals surface area contributed by atoms with E-state index in [9.17, 15) is 0 Å². The van der Waals surface area contributed by atoms with E-state index in [1.165, 1.54) is 45.2 Å². The smallest absolute Gasteiger partial charge is 0.229 e. The van der Waals surface area contributed by atoms with Gasteiger partial charge in [-0.25, -0.2) is 4.98 Å². The highest BCUT2D eigenvalue weighted by Crippen LogP contribution is 2.32. The van der Waals surface area contributed by atoms with Crippen LogP contribution in [0.1, 0.15) is 32.1 Å². The molecule has 1 aromatic carbocycles. The molecule has 8 heteroatoms. The first kappa shape index (κ1) is 21.5. The highest BCUT2D eigenvalue weighted by atomic mass is 16.5. The number of ether oxygens (including phenoxy) is 3. The third kappa shape index (κ3) is 5.12. The number of fused-ring (bicyclic) bond motifs is 1. The number of aromatic nitrogens is 2. The molecule has 0 spiro atoms. The molecule has 0 bridgehead atoms. The molecule has 2 aromatic rings. The maximum Gasteiger partial charge on any atom is 0.229 e. The van der Waals surface area contributed by atoms with Crippen molar-refractivity contribution in [1.82, 2.24) is 14.9 Å². The Morgan fingerprint density at radius 1 is 0.968 bits per heavy atom. The molecule has 0 aliphatic carbocycles. The van der Waals surface area contributed by atoms with Crippen LogP contribution in [-0.2, 0) is 0 Å². The van der Waals surface area contributed by atoms with Crippen LogP contribution in [0.15, 0.2) is 24.4 Å². The molecule has 2 N–H and O–H groups in total. The van der Waals surface area contributed by atoms with Gasteiger partial charge in [0, 0.05) is 36.5 Å². The predicted octanol–water partition coefficient (Wildman–Crippen LogP) is 3.92. The molecule has 0 radical (unpaired) electrons. The molecular formula is C23H33N5O3. The maximum atomic E-state index is 5.50. The Morgan fingerprint density at radius 3 is 2.48 bits per heavy atom. The molecule has 31 heavy (non-hydrogen) atoms. The number of benzene rings is 1. The van der Waals surface area contributed by atoms with Crippen molar-refractivity contribution >= 4 is 17.5 Å². The number of hydrogen-bond acceptors (Lipinski definition) is 8. The van der Waals surface area contributed by atoms with Crippen LogP contribution in [0.5, 0.6) is 17.2 Å². The van der Waals surface area contributed by atoms with E-state index in [-0.39, 0.29) is 0 Å². The lowest BCUT2D eigenvalue weighted by Crippen LogP contribution is -2.49. The zero-order valence-corrected chi connectivity index (χ0v) is 18.7. The summed E-state index contributed by atoms with van der Waals surface area (Å²) >= 11 is 0. The summed E-state index contributed by atoms with van der Waals surface area (Å²) in [5.41, 5.74) is 0.789. The lowest BCUT2D eigenvalue weighted by atomic mass is 9.83. The summed E-state index contributed by atoms with van der Waals surface area (Å²) in [6.45, 7) is 3.38. The van der Waals surface area contributed by atoms with Gasteiger partial charge in [-0.15, -0.1) is 0 Å². The van der Waals surface area contributed by atoms with Gasteiger partial charge < -0.3 is 29.7 Å². The zero-order valence-electron chi connectivity index (χ0n) is 18.7. The molecule has 0 saturated carbocycles. The average molecular weight is 428 g/mol. The van der Waals surface area contributed by atoms with E-state index in [0.29, 0.717) is 41.0 Å². The summed E-state index contributed by atoms with van der Waals surface area (Å²) in [7, 11) is 4.90. The minimum absolute atomic E-state index is 0.488. The van der Waals surface area contributed by atoms with Crippen molar-refractivity contribution in [3.05, 3.63) is 24.4 Å². The quantitative estimate of drug-likeness (QED) is 0.656. The van der Waals surface area contributed by atoms with E-state index in [4.69, 9.17) is 14.2 Å². The van der Waals surface area contributed by atoms with Crippen LogP contribution in [-0.4, -0.2) is 61.9 Å². The van der Waals surface area contributed by atoms with Crippen LogP contribution >= 0.6 is 0 Å². The van der Waals surface area contributed by atoms with Crippen LogP contribution in [0.3, 0.4) is 0 Å². The highest BCUT2D eigenvalue weighted by molar-refractivity contribution is 5.61. The van der Waals surface area contributed by atoms with Crippen LogP contribution < -0.4 is 24.8 Å². The average Bonchev–Trinajstić information content (AvgIpc) is 2.82. The van der Waals surface area contributed by atoms with Crippen LogP contribution in [0.2, 0.25) is 0 Å². The van der Waals surface area contributed by atoms with Crippen molar-refractivity contribution in [3.63, 3.8) is 0 Å². The second-order valence-electron chi connectivity index (χ2n) is 8.22. The van der Waals surface area contributed by atoms with Gasteiger partial charge in [0.1, 0.15) is 11.5 Å². The lowest BCUT2D eigenvalue weighted by Gasteiger charge is -2.44. The second kappa shape index (κ2) is 10.0. The third-order valence-electron chi connectivity index (χ3n) is 6.34. The summed E-state index contributed by atoms with van der Waals surface area (Å²) < 4.78 is 16.2. The molecule has 2 aliphatic rings. The van der Waals surface area contributed by atoms with Gasteiger partial charge >= 0.3 is 0 Å². The SMILES string of the molecule is COc1cc(Nc2ncc(OC)c(NCC3CCCN4CCCCC34)n2)cc(OC)c1. The van der Waals surface area contributed by atoms with Crippen LogP contribution in [0.4, 0.5) is 17.5 Å². The van der Waals surface area contributed by atoms with Crippen molar-refractivity contribution in [1.29, 1.82) is 0 Å². The first-order valence-electron chi connectivity index (χ1n) is 11.1. The Bertz CT molecular complexity index is 854. The van der Waals surface area contributed by atoms with E-state index < -0.39 is 0 Å². The monoisotopic (exact) mass is 427 g/mol. The van der Waals surface area contributed by atoms with Gasteiger partial charge in [-0.2, -0.15) is 4.98 Å². The molecule has 3 heterocycles. The van der Waals surface area contributed by atoms with E-state index in [0.717, 1.165) is 12.2 Å². The maximum absolute atomic E-state index is 5.50. The number of nitrogens with zero attached hydrogens (tertiary/aromatic N) is 3. The summed E-state index contributed by atoms with van der Waals surface area (Å²) in [4.78, 5) is 11.8. The molecule has 2 unspecified atom stereocenters. The fraction of sp³-hybridized carbons (Fsp3) is 0.565. The van der Waals surface area contributed by atoms with Crippen molar-refractivity contribution < 1.29 is 14.2 Å². The molecule has 8 nitrogen and oxygen atoms in total. The molecule has 4 rings (SSSR count). The highest BCUT2D eigenvalue weighted by Gasteiger charge is 2.32. The summed E-state index contributed by atoms with van der Waals surface area (Å²) in [6.07, 6.45) is 8.21. The fourth-order valence-corrected chi connectivity index (χ4v) is 4.76. The van der Waals surface area contributed by atoms with E-state index in [1.54, 1.807) is 27.5 Å². The number of piperidine rings is 2. The Balaban J connectivity index is 1.47. The number of anilines is 3. The summed E-state index contributed by atoms with van der Waals surface area (Å²) in [6, 6.07) is 6.27. The third-order valence-corrected chi connectivity index (χ3v) is 6.34. The Labute approximate surface area is 184 Å². The number of rotatable bonds is 8. The summed E-state index contributed by atoms with van der Waals surface area (Å²) in [5.74, 6) is 3.87. The van der Waals surface area contributed by atoms with Gasteiger partial charge in [-0.3, -0.25) is 0 Å². The first-order chi connectivity index (χ1) is 15.2. The Morgan fingerprint density at radius 2 is 1.74 bits per heavy atom.